The zero-order chi connectivity index (χ0) is 19.1. The molecule has 1 aliphatic carbocycles. The molecule has 1 aromatic heterocycles. The number of halogens is 3. The molecule has 26 heavy (non-hydrogen) atoms. The molecule has 1 fully saturated rings. The van der Waals surface area contributed by atoms with Gasteiger partial charge in [0.15, 0.2) is 23.7 Å². The fraction of sp³-hybridized carbons (Fsp3) is 0.333. The summed E-state index contributed by atoms with van der Waals surface area (Å²) in [7, 11) is 1.30. The summed E-state index contributed by atoms with van der Waals surface area (Å²) in [6.45, 7) is 0. The number of ketones is 1. The van der Waals surface area contributed by atoms with E-state index in [-0.39, 0.29) is 17.1 Å². The molecule has 1 saturated heterocycles. The Bertz CT molecular complexity index is 807. The number of carbonyl (C=O) groups excluding carboxylic acids is 3. The maximum absolute atomic E-state index is 12.5. The number of hydrogen-bond acceptors (Lipinski definition) is 7. The van der Waals surface area contributed by atoms with Crippen LogP contribution in [0.25, 0.3) is 0 Å². The van der Waals surface area contributed by atoms with Gasteiger partial charge in [0.25, 0.3) is 5.91 Å². The van der Waals surface area contributed by atoms with E-state index in [1.54, 1.807) is 0 Å². The molecule has 138 valence electrons. The van der Waals surface area contributed by atoms with Gasteiger partial charge in [0.05, 0.1) is 12.8 Å². The van der Waals surface area contributed by atoms with Crippen LogP contribution >= 0.6 is 0 Å². The maximum Gasteiger partial charge on any atom is 0.490 e. The fourth-order valence-electron chi connectivity index (χ4n) is 2.41. The molecule has 3 unspecified atom stereocenters. The average Bonchev–Trinajstić information content (AvgIpc) is 3.38. The van der Waals surface area contributed by atoms with Crippen molar-refractivity contribution in [2.45, 2.75) is 24.5 Å². The first-order valence-corrected chi connectivity index (χ1v) is 7.21. The number of carbonyl (C=O) groups is 3. The van der Waals surface area contributed by atoms with E-state index < -0.39 is 42.1 Å². The van der Waals surface area contributed by atoms with Crippen molar-refractivity contribution in [1.29, 1.82) is 0 Å². The van der Waals surface area contributed by atoms with Crippen LogP contribution in [-0.2, 0) is 19.1 Å². The highest BCUT2D eigenvalue weighted by atomic mass is 19.4. The molecule has 1 aliphatic heterocycles. The van der Waals surface area contributed by atoms with Crippen LogP contribution in [0.4, 0.5) is 13.2 Å². The number of pyridine rings is 1. The highest BCUT2D eigenvalue weighted by molar-refractivity contribution is 6.01. The Morgan fingerprint density at radius 1 is 1.35 bits per heavy atom. The van der Waals surface area contributed by atoms with Crippen LogP contribution in [0.1, 0.15) is 10.5 Å². The van der Waals surface area contributed by atoms with Gasteiger partial charge in [-0.15, -0.1) is 0 Å². The molecule has 11 heteroatoms. The van der Waals surface area contributed by atoms with Gasteiger partial charge in [-0.2, -0.15) is 13.2 Å². The second-order valence-corrected chi connectivity index (χ2v) is 5.36. The van der Waals surface area contributed by atoms with Crippen LogP contribution < -0.4 is 10.1 Å². The maximum atomic E-state index is 12.5. The predicted molar refractivity (Wildman–Crippen MR) is 75.9 cm³/mol. The quantitative estimate of drug-likeness (QED) is 0.607. The van der Waals surface area contributed by atoms with Crippen molar-refractivity contribution < 1.29 is 41.8 Å². The number of fused-ring (bicyclic) bond motifs is 1. The topological polar surface area (TPSA) is 107 Å². The van der Waals surface area contributed by atoms with E-state index in [1.807, 2.05) is 0 Å². The third kappa shape index (κ3) is 3.38. The molecular weight excluding hydrogens is 361 g/mol. The largest absolute Gasteiger partial charge is 0.494 e. The molecule has 2 aliphatic rings. The first-order chi connectivity index (χ1) is 12.2. The zero-order valence-corrected chi connectivity index (χ0v) is 13.1. The van der Waals surface area contributed by atoms with Gasteiger partial charge in [0, 0.05) is 12.3 Å². The van der Waals surface area contributed by atoms with E-state index in [0.29, 0.717) is 0 Å². The first kappa shape index (κ1) is 17.9. The summed E-state index contributed by atoms with van der Waals surface area (Å²) in [5, 5.41) is 2.24. The van der Waals surface area contributed by atoms with E-state index in [9.17, 15) is 27.6 Å². The van der Waals surface area contributed by atoms with Crippen LogP contribution in [-0.4, -0.2) is 54.2 Å². The molecule has 3 rings (SSSR count). The van der Waals surface area contributed by atoms with Gasteiger partial charge in [-0.1, -0.05) is 0 Å². The summed E-state index contributed by atoms with van der Waals surface area (Å²) in [4.78, 5) is 39.0. The van der Waals surface area contributed by atoms with Crippen molar-refractivity contribution >= 4 is 17.7 Å². The Kier molecular flexibility index (Phi) is 4.40. The highest BCUT2D eigenvalue weighted by Crippen LogP contribution is 2.36. The Labute approximate surface area is 143 Å². The molecule has 0 aromatic carbocycles. The summed E-state index contributed by atoms with van der Waals surface area (Å²) >= 11 is 0. The minimum Gasteiger partial charge on any atom is -0.494 e. The number of nitrogens with zero attached hydrogens (tertiary/aromatic N) is 1. The number of epoxide rings is 1. The fourth-order valence-corrected chi connectivity index (χ4v) is 2.41. The van der Waals surface area contributed by atoms with Crippen molar-refractivity contribution in [2.24, 2.45) is 0 Å². The number of methoxy groups -OCH3 is 1. The van der Waals surface area contributed by atoms with E-state index in [4.69, 9.17) is 9.47 Å². The summed E-state index contributed by atoms with van der Waals surface area (Å²) in [6, 6.07) is 2.96. The second kappa shape index (κ2) is 6.41. The summed E-state index contributed by atoms with van der Waals surface area (Å²) in [5.74, 6) is -3.76. The summed E-state index contributed by atoms with van der Waals surface area (Å²) < 4.78 is 51.7. The van der Waals surface area contributed by atoms with E-state index >= 15 is 0 Å². The molecule has 0 bridgehead atoms. The van der Waals surface area contributed by atoms with E-state index in [0.717, 1.165) is 6.08 Å². The molecule has 0 saturated carbocycles. The minimum atomic E-state index is -5.23. The number of hydrogen-bond donors (Lipinski definition) is 1. The van der Waals surface area contributed by atoms with Crippen LogP contribution in [0.15, 0.2) is 30.1 Å². The van der Waals surface area contributed by atoms with Crippen molar-refractivity contribution in [3.05, 3.63) is 35.8 Å². The van der Waals surface area contributed by atoms with Gasteiger partial charge in [-0.05, 0) is 12.1 Å². The molecule has 1 N–H and O–H groups in total. The molecule has 1 amide bonds. The Balaban J connectivity index is 1.83. The van der Waals surface area contributed by atoms with Gasteiger partial charge < -0.3 is 19.5 Å². The van der Waals surface area contributed by atoms with Crippen LogP contribution in [0.5, 0.6) is 5.75 Å². The third-order valence-corrected chi connectivity index (χ3v) is 3.64. The van der Waals surface area contributed by atoms with Crippen LogP contribution in [0.2, 0.25) is 0 Å². The Morgan fingerprint density at radius 3 is 2.73 bits per heavy atom. The number of nitrogens with one attached hydrogen (secondary N) is 1. The SMILES string of the molecule is COc1cccnc1C(=O)NC1=CC(=O)C2OC2C1OC(=O)C(F)(F)F. The van der Waals surface area contributed by atoms with Gasteiger partial charge in [-0.3, -0.25) is 9.59 Å². The van der Waals surface area contributed by atoms with Crippen LogP contribution in [0, 0.1) is 0 Å². The molecule has 2 heterocycles. The van der Waals surface area contributed by atoms with Gasteiger partial charge in [0.1, 0.15) is 11.9 Å². The van der Waals surface area contributed by atoms with Gasteiger partial charge in [0.2, 0.25) is 0 Å². The van der Waals surface area contributed by atoms with Crippen molar-refractivity contribution in [1.82, 2.24) is 10.3 Å². The lowest BCUT2D eigenvalue weighted by molar-refractivity contribution is -0.204. The normalized spacial score (nSPS) is 24.2. The molecule has 1 aromatic rings. The standard InChI is InChI=1S/C15H11F3N2O6/c1-24-8-3-2-4-19-9(8)13(22)20-6-5-7(21)11-12(25-11)10(6)26-14(23)15(16,17)18/h2-5,10-12H,1H3,(H,20,22). The van der Waals surface area contributed by atoms with Gasteiger partial charge in [-0.25, -0.2) is 9.78 Å². The predicted octanol–water partition coefficient (Wildman–Crippen LogP) is 0.528. The number of rotatable bonds is 4. The molecular formula is C15H11F3N2O6. The highest BCUT2D eigenvalue weighted by Gasteiger charge is 2.57. The molecule has 0 spiro atoms. The number of amides is 1. The number of aromatic nitrogens is 1. The van der Waals surface area contributed by atoms with Crippen molar-refractivity contribution in [3.63, 3.8) is 0 Å². The van der Waals surface area contributed by atoms with E-state index in [1.165, 1.54) is 25.4 Å². The van der Waals surface area contributed by atoms with Gasteiger partial charge >= 0.3 is 12.1 Å². The lowest BCUT2D eigenvalue weighted by atomic mass is 10.00. The molecule has 8 nitrogen and oxygen atoms in total. The van der Waals surface area contributed by atoms with Crippen molar-refractivity contribution in [2.75, 3.05) is 7.11 Å². The number of alkyl halides is 3. The monoisotopic (exact) mass is 372 g/mol. The van der Waals surface area contributed by atoms with Crippen LogP contribution in [0.3, 0.4) is 0 Å². The molecule has 0 radical (unpaired) electrons. The lowest BCUT2D eigenvalue weighted by Crippen LogP contribution is -2.42. The minimum absolute atomic E-state index is 0.108. The lowest BCUT2D eigenvalue weighted by Gasteiger charge is -2.22. The van der Waals surface area contributed by atoms with Crippen molar-refractivity contribution in [3.8, 4) is 5.75 Å². The zero-order valence-electron chi connectivity index (χ0n) is 13.1. The number of esters is 1. The third-order valence-electron chi connectivity index (χ3n) is 3.64. The molecule has 3 atom stereocenters. The first-order valence-electron chi connectivity index (χ1n) is 7.21. The summed E-state index contributed by atoms with van der Waals surface area (Å²) in [6.07, 6.45) is -6.71. The van der Waals surface area contributed by atoms with E-state index in [2.05, 4.69) is 15.0 Å². The number of ether oxygens (including phenoxy) is 3. The smallest absolute Gasteiger partial charge is 0.490 e. The second-order valence-electron chi connectivity index (χ2n) is 5.36. The summed E-state index contributed by atoms with van der Waals surface area (Å²) in [5.41, 5.74) is -0.493. The Morgan fingerprint density at radius 2 is 2.08 bits per heavy atom. The Hall–Kier alpha value is -2.95. The average molecular weight is 372 g/mol.